The number of amides is 1. The molecular formula is C20H26F3N3O3. The van der Waals surface area contributed by atoms with Gasteiger partial charge in [-0.15, -0.1) is 0 Å². The highest BCUT2D eigenvalue weighted by atomic mass is 19.4. The fourth-order valence-corrected chi connectivity index (χ4v) is 5.35. The lowest BCUT2D eigenvalue weighted by atomic mass is 9.88. The molecule has 2 fully saturated rings. The molecule has 0 unspecified atom stereocenters. The highest BCUT2D eigenvalue weighted by molar-refractivity contribution is 5.83. The summed E-state index contributed by atoms with van der Waals surface area (Å²) >= 11 is 0. The van der Waals surface area contributed by atoms with Crippen LogP contribution >= 0.6 is 0 Å². The zero-order chi connectivity index (χ0) is 20.8. The number of nitrogens with zero attached hydrogens (tertiary/aromatic N) is 3. The van der Waals surface area contributed by atoms with Gasteiger partial charge < -0.3 is 14.6 Å². The average molecular weight is 413 g/mol. The molecule has 0 aliphatic carbocycles. The highest BCUT2D eigenvalue weighted by Gasteiger charge is 2.56. The van der Waals surface area contributed by atoms with Crippen molar-refractivity contribution < 1.29 is 23.1 Å². The Bertz CT molecular complexity index is 819. The van der Waals surface area contributed by atoms with Crippen LogP contribution in [0.1, 0.15) is 37.4 Å². The van der Waals surface area contributed by atoms with E-state index < -0.39 is 30.6 Å². The van der Waals surface area contributed by atoms with Crippen molar-refractivity contribution in [2.45, 2.75) is 50.5 Å². The summed E-state index contributed by atoms with van der Waals surface area (Å²) in [6, 6.07) is 3.51. The third-order valence-corrected chi connectivity index (χ3v) is 6.64. The number of aliphatic hydroxyl groups excluding tert-OH is 1. The van der Waals surface area contributed by atoms with Crippen LogP contribution in [0, 0.1) is 11.8 Å². The van der Waals surface area contributed by atoms with E-state index in [2.05, 4.69) is 0 Å². The van der Waals surface area contributed by atoms with E-state index in [-0.39, 0.29) is 30.5 Å². The van der Waals surface area contributed by atoms with Gasteiger partial charge in [-0.25, -0.2) is 0 Å². The van der Waals surface area contributed by atoms with E-state index in [1.165, 1.54) is 6.07 Å². The van der Waals surface area contributed by atoms with Crippen LogP contribution in [0.4, 0.5) is 13.2 Å². The lowest BCUT2D eigenvalue weighted by Crippen LogP contribution is -2.51. The molecule has 3 aliphatic heterocycles. The minimum Gasteiger partial charge on any atom is -0.396 e. The zero-order valence-corrected chi connectivity index (χ0v) is 16.1. The third kappa shape index (κ3) is 3.70. The average Bonchev–Trinajstić information content (AvgIpc) is 3.21. The van der Waals surface area contributed by atoms with Crippen LogP contribution in [0.3, 0.4) is 0 Å². The number of aromatic nitrogens is 1. The van der Waals surface area contributed by atoms with Gasteiger partial charge in [-0.3, -0.25) is 14.5 Å². The number of alkyl halides is 3. The molecule has 0 saturated carbocycles. The third-order valence-electron chi connectivity index (χ3n) is 6.64. The summed E-state index contributed by atoms with van der Waals surface area (Å²) in [5.74, 6) is -0.950. The first kappa shape index (κ1) is 20.4. The maximum atomic E-state index is 13.3. The van der Waals surface area contributed by atoms with Crippen molar-refractivity contribution in [1.82, 2.24) is 14.4 Å². The minimum atomic E-state index is -4.35. The molecule has 4 heterocycles. The van der Waals surface area contributed by atoms with Gasteiger partial charge in [0, 0.05) is 56.4 Å². The van der Waals surface area contributed by atoms with Crippen molar-refractivity contribution in [2.75, 3.05) is 26.2 Å². The van der Waals surface area contributed by atoms with Crippen molar-refractivity contribution >= 4 is 5.91 Å². The number of pyridine rings is 1. The standard InChI is InChI=1S/C20H26F3N3O3/c21-20(22,23)7-10-25-17-13(11-26-15(17)5-4-6-16(26)28)14(12-27)18(25)19(29)24-8-2-1-3-9-24/h4-6,13-14,17-18,27H,1-3,7-12H2/t13-,14-,17+,18-/m1/s1. The van der Waals surface area contributed by atoms with Gasteiger partial charge in [0.25, 0.3) is 5.56 Å². The number of carbonyl (C=O) groups is 1. The van der Waals surface area contributed by atoms with Gasteiger partial charge in [0.1, 0.15) is 0 Å². The van der Waals surface area contributed by atoms with Crippen LogP contribution in [-0.2, 0) is 11.3 Å². The molecule has 0 radical (unpaired) electrons. The molecule has 29 heavy (non-hydrogen) atoms. The number of aliphatic hydroxyl groups is 1. The topological polar surface area (TPSA) is 65.8 Å². The van der Waals surface area contributed by atoms with E-state index in [9.17, 15) is 27.9 Å². The molecule has 1 aromatic rings. The smallest absolute Gasteiger partial charge is 0.390 e. The van der Waals surface area contributed by atoms with Gasteiger partial charge >= 0.3 is 6.18 Å². The molecule has 3 aliphatic rings. The van der Waals surface area contributed by atoms with Crippen molar-refractivity contribution in [2.24, 2.45) is 11.8 Å². The van der Waals surface area contributed by atoms with Gasteiger partial charge in [0.15, 0.2) is 0 Å². The largest absolute Gasteiger partial charge is 0.396 e. The zero-order valence-electron chi connectivity index (χ0n) is 16.1. The van der Waals surface area contributed by atoms with Crippen molar-refractivity contribution in [3.05, 3.63) is 34.2 Å². The van der Waals surface area contributed by atoms with E-state index in [1.54, 1.807) is 26.5 Å². The molecule has 160 valence electrons. The molecule has 6 nitrogen and oxygen atoms in total. The van der Waals surface area contributed by atoms with Crippen LogP contribution in [0.25, 0.3) is 0 Å². The van der Waals surface area contributed by atoms with Crippen LogP contribution in [-0.4, -0.2) is 63.8 Å². The fraction of sp³-hybridized carbons (Fsp3) is 0.700. The van der Waals surface area contributed by atoms with E-state index in [0.717, 1.165) is 19.3 Å². The Kier molecular flexibility index (Phi) is 5.46. The highest BCUT2D eigenvalue weighted by Crippen LogP contribution is 2.49. The van der Waals surface area contributed by atoms with Crippen LogP contribution < -0.4 is 5.56 Å². The Morgan fingerprint density at radius 2 is 1.90 bits per heavy atom. The summed E-state index contributed by atoms with van der Waals surface area (Å²) < 4.78 is 40.7. The maximum absolute atomic E-state index is 13.3. The molecule has 4 atom stereocenters. The van der Waals surface area contributed by atoms with E-state index >= 15 is 0 Å². The number of halogens is 3. The summed E-state index contributed by atoms with van der Waals surface area (Å²) in [6.45, 7) is 0.903. The second-order valence-electron chi connectivity index (χ2n) is 8.29. The number of hydrogen-bond donors (Lipinski definition) is 1. The number of piperidine rings is 1. The van der Waals surface area contributed by atoms with Crippen LogP contribution in [0.15, 0.2) is 23.0 Å². The number of hydrogen-bond acceptors (Lipinski definition) is 4. The van der Waals surface area contributed by atoms with Crippen molar-refractivity contribution in [1.29, 1.82) is 0 Å². The predicted octanol–water partition coefficient (Wildman–Crippen LogP) is 1.78. The van der Waals surface area contributed by atoms with Gasteiger partial charge in [-0.2, -0.15) is 13.2 Å². The molecule has 0 bridgehead atoms. The minimum absolute atomic E-state index is 0.190. The van der Waals surface area contributed by atoms with E-state index in [0.29, 0.717) is 25.3 Å². The second kappa shape index (κ2) is 7.75. The molecule has 9 heteroatoms. The lowest BCUT2D eigenvalue weighted by molar-refractivity contribution is -0.148. The normalized spacial score (nSPS) is 29.7. The molecule has 2 saturated heterocycles. The van der Waals surface area contributed by atoms with Crippen molar-refractivity contribution in [3.8, 4) is 0 Å². The molecule has 4 rings (SSSR count). The Labute approximate surface area is 166 Å². The van der Waals surface area contributed by atoms with E-state index in [1.807, 2.05) is 0 Å². The Morgan fingerprint density at radius 3 is 2.55 bits per heavy atom. The van der Waals surface area contributed by atoms with Crippen molar-refractivity contribution in [3.63, 3.8) is 0 Å². The number of rotatable bonds is 4. The SMILES string of the molecule is O=C([C@H]1[C@H](CO)[C@H]2Cn3c(cccc3=O)[C@H]2N1CCC(F)(F)F)N1CCCCC1. The molecule has 1 amide bonds. The van der Waals surface area contributed by atoms with Gasteiger partial charge in [-0.1, -0.05) is 6.07 Å². The molecule has 0 aromatic carbocycles. The summed E-state index contributed by atoms with van der Waals surface area (Å²) in [7, 11) is 0. The number of carbonyl (C=O) groups excluding carboxylic acids is 1. The quantitative estimate of drug-likeness (QED) is 0.817. The predicted molar refractivity (Wildman–Crippen MR) is 99.1 cm³/mol. The molecule has 0 spiro atoms. The first-order valence-electron chi connectivity index (χ1n) is 10.2. The first-order valence-corrected chi connectivity index (χ1v) is 10.2. The summed E-state index contributed by atoms with van der Waals surface area (Å²) in [5, 5.41) is 10.1. The monoisotopic (exact) mass is 413 g/mol. The Balaban J connectivity index is 1.70. The van der Waals surface area contributed by atoms with Crippen LogP contribution in [0.5, 0.6) is 0 Å². The fourth-order valence-electron chi connectivity index (χ4n) is 5.35. The molecule has 1 aromatic heterocycles. The molecule has 1 N–H and O–H groups in total. The van der Waals surface area contributed by atoms with E-state index in [4.69, 9.17) is 0 Å². The van der Waals surface area contributed by atoms with Gasteiger partial charge in [0.05, 0.1) is 18.5 Å². The Morgan fingerprint density at radius 1 is 1.17 bits per heavy atom. The van der Waals surface area contributed by atoms with Crippen LogP contribution in [0.2, 0.25) is 0 Å². The summed E-state index contributed by atoms with van der Waals surface area (Å²) in [6.07, 6.45) is -2.57. The first-order chi connectivity index (χ1) is 13.8. The second-order valence-corrected chi connectivity index (χ2v) is 8.29. The summed E-state index contributed by atoms with van der Waals surface area (Å²) in [4.78, 5) is 28.9. The Hall–Kier alpha value is -1.87. The maximum Gasteiger partial charge on any atom is 0.390 e. The number of likely N-dealkylation sites (tertiary alicyclic amines) is 2. The number of fused-ring (bicyclic) bond motifs is 3. The lowest BCUT2D eigenvalue weighted by Gasteiger charge is -2.36. The van der Waals surface area contributed by atoms with Gasteiger partial charge in [-0.05, 0) is 25.3 Å². The van der Waals surface area contributed by atoms with Gasteiger partial charge in [0.2, 0.25) is 5.91 Å². The summed E-state index contributed by atoms with van der Waals surface area (Å²) in [5.41, 5.74) is 0.431. The molecular weight excluding hydrogens is 387 g/mol.